The molecule has 0 spiro atoms. The van der Waals surface area contributed by atoms with Crippen molar-refractivity contribution in [2.24, 2.45) is 7.05 Å². The molecular weight excluding hydrogens is 372 g/mol. The second-order valence-electron chi connectivity index (χ2n) is 6.82. The van der Waals surface area contributed by atoms with Gasteiger partial charge >= 0.3 is 5.69 Å². The lowest BCUT2D eigenvalue weighted by Gasteiger charge is -2.17. The highest BCUT2D eigenvalue weighted by atomic mass is 16.6. The molecule has 0 bridgehead atoms. The van der Waals surface area contributed by atoms with Crippen LogP contribution in [0.5, 0.6) is 5.75 Å². The fourth-order valence-electron chi connectivity index (χ4n) is 2.94. The molecule has 8 nitrogen and oxygen atoms in total. The minimum Gasteiger partial charge on any atom is -0.482 e. The Hall–Kier alpha value is -3.68. The molecule has 0 N–H and O–H groups in total. The van der Waals surface area contributed by atoms with Gasteiger partial charge in [0.1, 0.15) is 6.61 Å². The number of aromatic nitrogens is 2. The number of nitro groups is 1. The van der Waals surface area contributed by atoms with E-state index in [9.17, 15) is 14.9 Å². The molecule has 0 radical (unpaired) electrons. The van der Waals surface area contributed by atoms with Gasteiger partial charge in [-0.25, -0.2) is 0 Å². The predicted molar refractivity (Wildman–Crippen MR) is 108 cm³/mol. The van der Waals surface area contributed by atoms with E-state index in [0.717, 1.165) is 16.8 Å². The van der Waals surface area contributed by atoms with Gasteiger partial charge in [0.25, 0.3) is 5.91 Å². The average Bonchev–Trinajstić information content (AvgIpc) is 3.11. The fourth-order valence-corrected chi connectivity index (χ4v) is 2.94. The van der Waals surface area contributed by atoms with E-state index in [1.807, 2.05) is 19.2 Å². The summed E-state index contributed by atoms with van der Waals surface area (Å²) in [7, 11) is 3.56. The number of hydrogen-bond donors (Lipinski definition) is 0. The molecule has 3 rings (SSSR count). The molecule has 29 heavy (non-hydrogen) atoms. The molecule has 1 aromatic heterocycles. The smallest absolute Gasteiger partial charge is 0.311 e. The van der Waals surface area contributed by atoms with E-state index in [4.69, 9.17) is 4.74 Å². The molecular formula is C21H22N4O4. The van der Waals surface area contributed by atoms with E-state index < -0.39 is 4.92 Å². The summed E-state index contributed by atoms with van der Waals surface area (Å²) in [5, 5.41) is 15.3. The molecule has 3 aromatic rings. The first kappa shape index (κ1) is 20.1. The second kappa shape index (κ2) is 8.55. The highest BCUT2D eigenvalue weighted by Crippen LogP contribution is 2.28. The maximum atomic E-state index is 12.8. The lowest BCUT2D eigenvalue weighted by Crippen LogP contribution is -2.27. The van der Waals surface area contributed by atoms with Crippen LogP contribution >= 0.6 is 0 Å². The number of carbonyl (C=O) groups excluding carboxylic acids is 1. The summed E-state index contributed by atoms with van der Waals surface area (Å²) in [6.07, 6.45) is 1.69. The van der Waals surface area contributed by atoms with Crippen LogP contribution in [0.4, 0.5) is 5.69 Å². The van der Waals surface area contributed by atoms with Crippen molar-refractivity contribution in [2.75, 3.05) is 7.05 Å². The summed E-state index contributed by atoms with van der Waals surface area (Å²) in [6.45, 7) is 2.34. The third-order valence-electron chi connectivity index (χ3n) is 4.55. The Morgan fingerprint density at radius 3 is 2.72 bits per heavy atom. The molecule has 0 saturated carbocycles. The highest BCUT2D eigenvalue weighted by Gasteiger charge is 2.17. The maximum Gasteiger partial charge on any atom is 0.311 e. The zero-order chi connectivity index (χ0) is 21.0. The minimum absolute atomic E-state index is 0.0758. The van der Waals surface area contributed by atoms with Crippen LogP contribution in [0.1, 0.15) is 27.2 Å². The van der Waals surface area contributed by atoms with Gasteiger partial charge in [0.2, 0.25) is 0 Å². The molecule has 0 fully saturated rings. The fraction of sp³-hybridized carbons (Fsp3) is 0.238. The Labute approximate surface area is 168 Å². The van der Waals surface area contributed by atoms with E-state index in [2.05, 4.69) is 5.10 Å². The molecule has 0 aliphatic carbocycles. The molecule has 0 aliphatic rings. The number of ether oxygens (including phenoxy) is 1. The van der Waals surface area contributed by atoms with Gasteiger partial charge in [-0.15, -0.1) is 0 Å². The first-order chi connectivity index (χ1) is 13.8. The molecule has 8 heteroatoms. The van der Waals surface area contributed by atoms with Crippen LogP contribution in [0, 0.1) is 17.0 Å². The van der Waals surface area contributed by atoms with Crippen molar-refractivity contribution in [3.8, 4) is 5.75 Å². The van der Waals surface area contributed by atoms with Gasteiger partial charge in [0.15, 0.2) is 5.75 Å². The third-order valence-corrected chi connectivity index (χ3v) is 4.55. The van der Waals surface area contributed by atoms with Gasteiger partial charge in [-0.2, -0.15) is 5.10 Å². The summed E-state index contributed by atoms with van der Waals surface area (Å²) in [5.41, 5.74) is 2.90. The summed E-state index contributed by atoms with van der Waals surface area (Å²) < 4.78 is 7.38. The number of hydrogen-bond acceptors (Lipinski definition) is 5. The largest absolute Gasteiger partial charge is 0.482 e. The normalized spacial score (nSPS) is 10.6. The molecule has 0 unspecified atom stereocenters. The molecule has 0 saturated heterocycles. The van der Waals surface area contributed by atoms with Crippen LogP contribution in [-0.2, 0) is 20.2 Å². The van der Waals surface area contributed by atoms with Crippen molar-refractivity contribution < 1.29 is 14.5 Å². The van der Waals surface area contributed by atoms with E-state index in [0.29, 0.717) is 12.1 Å². The third kappa shape index (κ3) is 4.78. The zero-order valence-corrected chi connectivity index (χ0v) is 16.5. The molecule has 0 atom stereocenters. The van der Waals surface area contributed by atoms with Crippen LogP contribution in [0.15, 0.2) is 54.7 Å². The van der Waals surface area contributed by atoms with Crippen LogP contribution in [0.2, 0.25) is 0 Å². The van der Waals surface area contributed by atoms with Gasteiger partial charge in [-0.1, -0.05) is 18.2 Å². The summed E-state index contributed by atoms with van der Waals surface area (Å²) in [4.78, 5) is 25.1. The van der Waals surface area contributed by atoms with Crippen LogP contribution < -0.4 is 4.74 Å². The molecule has 0 aliphatic heterocycles. The van der Waals surface area contributed by atoms with Crippen molar-refractivity contribution in [2.45, 2.75) is 20.1 Å². The van der Waals surface area contributed by atoms with E-state index >= 15 is 0 Å². The van der Waals surface area contributed by atoms with Crippen molar-refractivity contribution in [3.05, 3.63) is 87.2 Å². The quantitative estimate of drug-likeness (QED) is 0.452. The zero-order valence-electron chi connectivity index (χ0n) is 16.5. The Morgan fingerprint density at radius 2 is 2.03 bits per heavy atom. The molecule has 2 aromatic carbocycles. The monoisotopic (exact) mass is 394 g/mol. The van der Waals surface area contributed by atoms with E-state index in [-0.39, 0.29) is 24.0 Å². The first-order valence-corrected chi connectivity index (χ1v) is 9.04. The van der Waals surface area contributed by atoms with Gasteiger partial charge in [-0.05, 0) is 42.3 Å². The predicted octanol–water partition coefficient (Wildman–Crippen LogP) is 3.49. The lowest BCUT2D eigenvalue weighted by atomic mass is 10.1. The van der Waals surface area contributed by atoms with Crippen molar-refractivity contribution in [1.29, 1.82) is 0 Å². The molecule has 150 valence electrons. The van der Waals surface area contributed by atoms with Gasteiger partial charge in [0.05, 0.1) is 17.2 Å². The SMILES string of the molecule is Cc1ccc(OCc2cccc(C(=O)N(C)Cc3ccnn3C)c2)c([N+](=O)[O-])c1. The van der Waals surface area contributed by atoms with Crippen molar-refractivity contribution in [3.63, 3.8) is 0 Å². The Balaban J connectivity index is 1.70. The van der Waals surface area contributed by atoms with Gasteiger partial charge in [-0.3, -0.25) is 19.6 Å². The van der Waals surface area contributed by atoms with E-state index in [1.165, 1.54) is 6.07 Å². The summed E-state index contributed by atoms with van der Waals surface area (Å²) in [5.74, 6) is 0.0695. The molecule has 1 amide bonds. The summed E-state index contributed by atoms with van der Waals surface area (Å²) in [6, 6.07) is 13.7. The van der Waals surface area contributed by atoms with Gasteiger partial charge in [0, 0.05) is 31.9 Å². The topological polar surface area (TPSA) is 90.5 Å². The Kier molecular flexibility index (Phi) is 5.92. The maximum absolute atomic E-state index is 12.8. The van der Waals surface area contributed by atoms with Crippen molar-refractivity contribution >= 4 is 11.6 Å². The highest BCUT2D eigenvalue weighted by molar-refractivity contribution is 5.94. The number of nitrogens with zero attached hydrogens (tertiary/aromatic N) is 4. The Morgan fingerprint density at radius 1 is 1.24 bits per heavy atom. The lowest BCUT2D eigenvalue weighted by molar-refractivity contribution is -0.386. The standard InChI is InChI=1S/C21H22N4O4/c1-15-7-8-20(19(11-15)25(27)28)29-14-16-5-4-6-17(12-16)21(26)23(2)13-18-9-10-22-24(18)3/h4-12H,13-14H2,1-3H3. The average molecular weight is 394 g/mol. The Bertz CT molecular complexity index is 1040. The number of carbonyl (C=O) groups is 1. The minimum atomic E-state index is -0.463. The number of amides is 1. The number of nitro benzene ring substituents is 1. The first-order valence-electron chi connectivity index (χ1n) is 9.04. The van der Waals surface area contributed by atoms with Gasteiger partial charge < -0.3 is 9.64 Å². The number of rotatable bonds is 7. The van der Waals surface area contributed by atoms with Crippen LogP contribution in [-0.4, -0.2) is 32.6 Å². The summed E-state index contributed by atoms with van der Waals surface area (Å²) >= 11 is 0. The van der Waals surface area contributed by atoms with E-state index in [1.54, 1.807) is 60.1 Å². The number of benzene rings is 2. The van der Waals surface area contributed by atoms with Crippen LogP contribution in [0.3, 0.4) is 0 Å². The number of aryl methyl sites for hydroxylation is 2. The molecule has 1 heterocycles. The van der Waals surface area contributed by atoms with Crippen molar-refractivity contribution in [1.82, 2.24) is 14.7 Å². The van der Waals surface area contributed by atoms with Crippen LogP contribution in [0.25, 0.3) is 0 Å². The second-order valence-corrected chi connectivity index (χ2v) is 6.82.